The van der Waals surface area contributed by atoms with Crippen molar-refractivity contribution in [3.8, 4) is 11.8 Å². The van der Waals surface area contributed by atoms with Gasteiger partial charge in [-0.2, -0.15) is 5.26 Å². The molecule has 0 aliphatic rings. The van der Waals surface area contributed by atoms with Crippen LogP contribution in [0.25, 0.3) is 0 Å². The molecule has 0 aliphatic heterocycles. The molecule has 2 aromatic rings. The van der Waals surface area contributed by atoms with Gasteiger partial charge in [0, 0.05) is 0 Å². The van der Waals surface area contributed by atoms with Crippen molar-refractivity contribution >= 4 is 15.7 Å². The van der Waals surface area contributed by atoms with Crippen molar-refractivity contribution in [2.24, 2.45) is 0 Å². The van der Waals surface area contributed by atoms with Crippen molar-refractivity contribution in [2.45, 2.75) is 18.7 Å². The molecule has 0 saturated carbocycles. The van der Waals surface area contributed by atoms with Crippen LogP contribution in [0, 0.1) is 25.2 Å². The molecule has 5 nitrogen and oxygen atoms in total. The van der Waals surface area contributed by atoms with E-state index >= 15 is 0 Å². The molecule has 6 heteroatoms. The van der Waals surface area contributed by atoms with E-state index in [1.807, 2.05) is 19.9 Å². The highest BCUT2D eigenvalue weighted by Crippen LogP contribution is 2.29. The first kappa shape index (κ1) is 15.9. The summed E-state index contributed by atoms with van der Waals surface area (Å²) in [5.41, 5.74) is 2.21. The minimum atomic E-state index is -3.83. The van der Waals surface area contributed by atoms with Crippen LogP contribution >= 0.6 is 0 Å². The average molecular weight is 316 g/mol. The molecule has 2 rings (SSSR count). The van der Waals surface area contributed by atoms with E-state index in [-0.39, 0.29) is 10.5 Å². The van der Waals surface area contributed by atoms with Crippen LogP contribution in [0.5, 0.6) is 5.75 Å². The molecule has 0 spiro atoms. The van der Waals surface area contributed by atoms with Crippen LogP contribution in [0.1, 0.15) is 16.7 Å². The molecule has 0 atom stereocenters. The zero-order chi connectivity index (χ0) is 16.3. The zero-order valence-electron chi connectivity index (χ0n) is 12.5. The first-order chi connectivity index (χ1) is 10.4. The van der Waals surface area contributed by atoms with E-state index in [9.17, 15) is 8.42 Å². The second-order valence-electron chi connectivity index (χ2n) is 4.78. The lowest BCUT2D eigenvalue weighted by atomic mass is 10.1. The number of nitriles is 1. The standard InChI is InChI=1S/C16H16N2O3S/c1-11-12(2)15(21-3)9-8-14(11)18-22(19,20)16-7-5-4-6-13(16)10-17/h4-9,18H,1-3H3. The molecule has 0 aromatic heterocycles. The van der Waals surface area contributed by atoms with Crippen LogP contribution in [-0.2, 0) is 10.0 Å². The van der Waals surface area contributed by atoms with Gasteiger partial charge in [0.2, 0.25) is 0 Å². The summed E-state index contributed by atoms with van der Waals surface area (Å²) in [6.45, 7) is 3.67. The van der Waals surface area contributed by atoms with Crippen molar-refractivity contribution in [2.75, 3.05) is 11.8 Å². The van der Waals surface area contributed by atoms with Crippen molar-refractivity contribution in [1.82, 2.24) is 0 Å². The lowest BCUT2D eigenvalue weighted by molar-refractivity contribution is 0.411. The molecule has 0 aliphatic carbocycles. The van der Waals surface area contributed by atoms with Gasteiger partial charge in [-0.25, -0.2) is 8.42 Å². The van der Waals surface area contributed by atoms with Gasteiger partial charge in [-0.15, -0.1) is 0 Å². The normalized spacial score (nSPS) is 10.8. The number of methoxy groups -OCH3 is 1. The Balaban J connectivity index is 2.47. The number of hydrogen-bond donors (Lipinski definition) is 1. The number of rotatable bonds is 4. The molecular formula is C16H16N2O3S. The SMILES string of the molecule is COc1ccc(NS(=O)(=O)c2ccccc2C#N)c(C)c1C. The number of hydrogen-bond acceptors (Lipinski definition) is 4. The summed E-state index contributed by atoms with van der Waals surface area (Å²) in [6, 6.07) is 11.3. The summed E-state index contributed by atoms with van der Waals surface area (Å²) in [5.74, 6) is 0.692. The van der Waals surface area contributed by atoms with Crippen LogP contribution in [0.4, 0.5) is 5.69 Å². The first-order valence-corrected chi connectivity index (χ1v) is 8.05. The van der Waals surface area contributed by atoms with E-state index in [4.69, 9.17) is 10.00 Å². The molecule has 0 heterocycles. The fourth-order valence-corrected chi connectivity index (χ4v) is 3.40. The van der Waals surface area contributed by atoms with E-state index in [1.165, 1.54) is 12.1 Å². The fraction of sp³-hybridized carbons (Fsp3) is 0.188. The number of benzene rings is 2. The van der Waals surface area contributed by atoms with Gasteiger partial charge in [-0.1, -0.05) is 12.1 Å². The Morgan fingerprint density at radius 1 is 1.09 bits per heavy atom. The Bertz CT molecular complexity index is 852. The lowest BCUT2D eigenvalue weighted by Crippen LogP contribution is -2.15. The predicted molar refractivity (Wildman–Crippen MR) is 84.4 cm³/mol. The van der Waals surface area contributed by atoms with Gasteiger partial charge in [0.1, 0.15) is 16.7 Å². The maximum absolute atomic E-state index is 12.5. The Morgan fingerprint density at radius 3 is 2.41 bits per heavy atom. The lowest BCUT2D eigenvalue weighted by Gasteiger charge is -2.15. The fourth-order valence-electron chi connectivity index (χ4n) is 2.12. The summed E-state index contributed by atoms with van der Waals surface area (Å²) >= 11 is 0. The van der Waals surface area contributed by atoms with Crippen LogP contribution in [-0.4, -0.2) is 15.5 Å². The highest BCUT2D eigenvalue weighted by atomic mass is 32.2. The van der Waals surface area contributed by atoms with E-state index in [0.29, 0.717) is 11.4 Å². The maximum Gasteiger partial charge on any atom is 0.263 e. The Morgan fingerprint density at radius 2 is 1.77 bits per heavy atom. The summed E-state index contributed by atoms with van der Waals surface area (Å²) in [7, 11) is -2.26. The van der Waals surface area contributed by atoms with Gasteiger partial charge in [0.15, 0.2) is 0 Å². The smallest absolute Gasteiger partial charge is 0.263 e. The van der Waals surface area contributed by atoms with E-state index in [0.717, 1.165) is 11.1 Å². The predicted octanol–water partition coefficient (Wildman–Crippen LogP) is 2.98. The number of ether oxygens (including phenoxy) is 1. The molecule has 1 N–H and O–H groups in total. The Labute approximate surface area is 130 Å². The average Bonchev–Trinajstić information content (AvgIpc) is 2.52. The second-order valence-corrected chi connectivity index (χ2v) is 6.43. The number of nitrogens with zero attached hydrogens (tertiary/aromatic N) is 1. The largest absolute Gasteiger partial charge is 0.496 e. The number of anilines is 1. The molecule has 0 amide bonds. The minimum Gasteiger partial charge on any atom is -0.496 e. The molecule has 114 valence electrons. The topological polar surface area (TPSA) is 79.2 Å². The highest BCUT2D eigenvalue weighted by molar-refractivity contribution is 7.92. The molecule has 2 aromatic carbocycles. The maximum atomic E-state index is 12.5. The third kappa shape index (κ3) is 2.90. The highest BCUT2D eigenvalue weighted by Gasteiger charge is 2.20. The quantitative estimate of drug-likeness (QED) is 0.940. The van der Waals surface area contributed by atoms with Crippen molar-refractivity contribution in [3.05, 3.63) is 53.1 Å². The van der Waals surface area contributed by atoms with Gasteiger partial charge in [-0.3, -0.25) is 4.72 Å². The molecule has 0 radical (unpaired) electrons. The monoisotopic (exact) mass is 316 g/mol. The van der Waals surface area contributed by atoms with Gasteiger partial charge in [0.25, 0.3) is 10.0 Å². The van der Waals surface area contributed by atoms with Crippen molar-refractivity contribution in [1.29, 1.82) is 5.26 Å². The van der Waals surface area contributed by atoms with E-state index in [2.05, 4.69) is 4.72 Å². The van der Waals surface area contributed by atoms with Gasteiger partial charge >= 0.3 is 0 Å². The van der Waals surface area contributed by atoms with Crippen LogP contribution in [0.3, 0.4) is 0 Å². The van der Waals surface area contributed by atoms with Gasteiger partial charge < -0.3 is 4.74 Å². The van der Waals surface area contributed by atoms with Gasteiger partial charge in [-0.05, 0) is 49.2 Å². The molecule has 22 heavy (non-hydrogen) atoms. The Hall–Kier alpha value is -2.52. The number of sulfonamides is 1. The van der Waals surface area contributed by atoms with Crippen molar-refractivity contribution in [3.63, 3.8) is 0 Å². The van der Waals surface area contributed by atoms with E-state index in [1.54, 1.807) is 31.4 Å². The third-order valence-corrected chi connectivity index (χ3v) is 4.92. The second kappa shape index (κ2) is 6.08. The van der Waals surface area contributed by atoms with Crippen molar-refractivity contribution < 1.29 is 13.2 Å². The van der Waals surface area contributed by atoms with E-state index < -0.39 is 10.0 Å². The zero-order valence-corrected chi connectivity index (χ0v) is 13.4. The van der Waals surface area contributed by atoms with Crippen LogP contribution < -0.4 is 9.46 Å². The third-order valence-electron chi connectivity index (χ3n) is 3.50. The molecular weight excluding hydrogens is 300 g/mol. The number of nitrogens with one attached hydrogen (secondary N) is 1. The minimum absolute atomic E-state index is 0.0367. The molecule has 0 bridgehead atoms. The molecule has 0 saturated heterocycles. The summed E-state index contributed by atoms with van der Waals surface area (Å²) in [4.78, 5) is -0.0367. The summed E-state index contributed by atoms with van der Waals surface area (Å²) < 4.78 is 32.8. The summed E-state index contributed by atoms with van der Waals surface area (Å²) in [6.07, 6.45) is 0. The van der Waals surface area contributed by atoms with Crippen LogP contribution in [0.15, 0.2) is 41.3 Å². The molecule has 0 fully saturated rings. The Kier molecular flexibility index (Phi) is 4.38. The first-order valence-electron chi connectivity index (χ1n) is 6.57. The van der Waals surface area contributed by atoms with Gasteiger partial charge in [0.05, 0.1) is 18.4 Å². The molecule has 0 unspecified atom stereocenters. The summed E-state index contributed by atoms with van der Waals surface area (Å²) in [5, 5.41) is 9.06. The van der Waals surface area contributed by atoms with Crippen LogP contribution in [0.2, 0.25) is 0 Å².